The van der Waals surface area contributed by atoms with Gasteiger partial charge in [0, 0.05) is 11.6 Å². The molecule has 1 aliphatic carbocycles. The van der Waals surface area contributed by atoms with Crippen LogP contribution in [0.25, 0.3) is 0 Å². The van der Waals surface area contributed by atoms with E-state index in [0.29, 0.717) is 28.6 Å². The smallest absolute Gasteiger partial charge is 0.261 e. The molecule has 4 N–H and O–H groups in total. The highest BCUT2D eigenvalue weighted by molar-refractivity contribution is 7.80. The van der Waals surface area contributed by atoms with Crippen LogP contribution in [0.15, 0.2) is 30.3 Å². The third-order valence-electron chi connectivity index (χ3n) is 6.14. The Hall–Kier alpha value is -2.15. The Bertz CT molecular complexity index is 697. The lowest BCUT2D eigenvalue weighted by Crippen LogP contribution is -2.57. The fraction of sp³-hybridized carbons (Fsp3) is 0.591. The fourth-order valence-electron chi connectivity index (χ4n) is 3.70. The zero-order chi connectivity index (χ0) is 21.4. The zero-order valence-electron chi connectivity index (χ0n) is 17.8. The van der Waals surface area contributed by atoms with E-state index < -0.39 is 6.04 Å². The maximum Gasteiger partial charge on any atom is 0.261 e. The van der Waals surface area contributed by atoms with Crippen LogP contribution in [0.1, 0.15) is 63.7 Å². The molecular formula is C22H34N4O2S. The average molecular weight is 419 g/mol. The van der Waals surface area contributed by atoms with Gasteiger partial charge in [0.2, 0.25) is 0 Å². The van der Waals surface area contributed by atoms with Crippen LogP contribution >= 0.6 is 12.2 Å². The summed E-state index contributed by atoms with van der Waals surface area (Å²) in [7, 11) is 0. The van der Waals surface area contributed by atoms with Gasteiger partial charge in [-0.25, -0.2) is 0 Å². The van der Waals surface area contributed by atoms with Crippen LogP contribution in [-0.2, 0) is 4.79 Å². The number of thiocarbonyl (C=S) groups is 1. The first-order valence-electron chi connectivity index (χ1n) is 10.6. The van der Waals surface area contributed by atoms with Crippen LogP contribution in [0.4, 0.5) is 0 Å². The van der Waals surface area contributed by atoms with Crippen molar-refractivity contribution in [2.24, 2.45) is 17.8 Å². The predicted molar refractivity (Wildman–Crippen MR) is 120 cm³/mol. The molecular weight excluding hydrogens is 384 g/mol. The first-order chi connectivity index (χ1) is 13.8. The van der Waals surface area contributed by atoms with Crippen molar-refractivity contribution in [1.82, 2.24) is 21.5 Å². The molecule has 1 aromatic carbocycles. The Morgan fingerprint density at radius 3 is 2.48 bits per heavy atom. The number of carbonyl (C=O) groups excluding carboxylic acids is 2. The summed E-state index contributed by atoms with van der Waals surface area (Å²) in [6.45, 7) is 8.44. The highest BCUT2D eigenvalue weighted by atomic mass is 32.1. The van der Waals surface area contributed by atoms with Gasteiger partial charge in [0.25, 0.3) is 11.8 Å². The second kappa shape index (κ2) is 11.1. The average Bonchev–Trinajstić information content (AvgIpc) is 2.73. The summed E-state index contributed by atoms with van der Waals surface area (Å²) in [5, 5.41) is 6.57. The Morgan fingerprint density at radius 2 is 1.83 bits per heavy atom. The molecule has 29 heavy (non-hydrogen) atoms. The molecule has 1 aromatic rings. The van der Waals surface area contributed by atoms with Gasteiger partial charge in [0.15, 0.2) is 5.11 Å². The summed E-state index contributed by atoms with van der Waals surface area (Å²) >= 11 is 5.37. The Balaban J connectivity index is 1.90. The van der Waals surface area contributed by atoms with E-state index in [-0.39, 0.29) is 17.7 Å². The van der Waals surface area contributed by atoms with Crippen LogP contribution in [0.5, 0.6) is 0 Å². The molecule has 1 aliphatic rings. The number of hydrazine groups is 1. The second-order valence-corrected chi connectivity index (χ2v) is 8.57. The molecule has 0 bridgehead atoms. The molecule has 7 heteroatoms. The Labute approximate surface area is 179 Å². The third kappa shape index (κ3) is 6.70. The summed E-state index contributed by atoms with van der Waals surface area (Å²) in [5.41, 5.74) is 6.00. The highest BCUT2D eigenvalue weighted by Gasteiger charge is 2.29. The van der Waals surface area contributed by atoms with Crippen LogP contribution in [0.2, 0.25) is 0 Å². The van der Waals surface area contributed by atoms with Crippen molar-refractivity contribution in [3.05, 3.63) is 35.9 Å². The lowest BCUT2D eigenvalue weighted by molar-refractivity contribution is -0.124. The number of nitrogens with one attached hydrogen (secondary N) is 4. The molecule has 2 rings (SSSR count). The number of amides is 2. The number of hydrogen-bond acceptors (Lipinski definition) is 3. The van der Waals surface area contributed by atoms with Gasteiger partial charge in [0.1, 0.15) is 6.04 Å². The van der Waals surface area contributed by atoms with Crippen LogP contribution in [0, 0.1) is 17.8 Å². The predicted octanol–water partition coefficient (Wildman–Crippen LogP) is 3.15. The summed E-state index contributed by atoms with van der Waals surface area (Å²) in [6.07, 6.45) is 4.25. The number of rotatable bonds is 6. The first-order valence-corrected chi connectivity index (χ1v) is 11.0. The Kier molecular flexibility index (Phi) is 8.89. The zero-order valence-corrected chi connectivity index (χ0v) is 18.6. The number of hydrogen-bond donors (Lipinski definition) is 4. The molecule has 0 radical (unpaired) electrons. The standard InChI is InChI=1S/C22H34N4O2S/c1-5-14(2)19(24-20(27)17-11-7-6-8-12-17)21(28)25-26-22(29)23-18-13-9-10-15(3)16(18)4/h6-8,11-12,14-16,18-19H,5,9-10,13H2,1-4H3,(H,24,27)(H,25,28)(H2,23,26,29)/t14-,15-,16-,18+,19-/m0/s1. The molecule has 5 atom stereocenters. The van der Waals surface area contributed by atoms with E-state index in [4.69, 9.17) is 12.2 Å². The van der Waals surface area contributed by atoms with Crippen molar-refractivity contribution in [2.75, 3.05) is 0 Å². The van der Waals surface area contributed by atoms with Crippen molar-refractivity contribution < 1.29 is 9.59 Å². The largest absolute Gasteiger partial charge is 0.358 e. The monoisotopic (exact) mass is 418 g/mol. The summed E-state index contributed by atoms with van der Waals surface area (Å²) in [5.74, 6) is 0.582. The van der Waals surface area contributed by atoms with E-state index >= 15 is 0 Å². The number of carbonyl (C=O) groups is 2. The molecule has 0 heterocycles. The molecule has 1 saturated carbocycles. The third-order valence-corrected chi connectivity index (χ3v) is 6.36. The van der Waals surface area contributed by atoms with Crippen molar-refractivity contribution >= 4 is 29.1 Å². The molecule has 0 spiro atoms. The lowest BCUT2D eigenvalue weighted by Gasteiger charge is -2.35. The molecule has 6 nitrogen and oxygen atoms in total. The minimum atomic E-state index is -0.656. The highest BCUT2D eigenvalue weighted by Crippen LogP contribution is 2.29. The quantitative estimate of drug-likeness (QED) is 0.421. The lowest BCUT2D eigenvalue weighted by atomic mass is 9.78. The molecule has 0 unspecified atom stereocenters. The van der Waals surface area contributed by atoms with Crippen molar-refractivity contribution in [3.63, 3.8) is 0 Å². The molecule has 160 valence electrons. The van der Waals surface area contributed by atoms with Gasteiger partial charge < -0.3 is 10.6 Å². The van der Waals surface area contributed by atoms with Gasteiger partial charge in [-0.3, -0.25) is 20.4 Å². The Morgan fingerprint density at radius 1 is 1.14 bits per heavy atom. The normalized spacial score (nSPS) is 23.4. The minimum Gasteiger partial charge on any atom is -0.358 e. The van der Waals surface area contributed by atoms with Gasteiger partial charge in [-0.2, -0.15) is 0 Å². The van der Waals surface area contributed by atoms with E-state index in [9.17, 15) is 9.59 Å². The van der Waals surface area contributed by atoms with Crippen molar-refractivity contribution in [1.29, 1.82) is 0 Å². The molecule has 0 aliphatic heterocycles. The van der Waals surface area contributed by atoms with Gasteiger partial charge in [-0.15, -0.1) is 0 Å². The summed E-state index contributed by atoms with van der Waals surface area (Å²) < 4.78 is 0. The maximum absolute atomic E-state index is 12.7. The van der Waals surface area contributed by atoms with Crippen molar-refractivity contribution in [3.8, 4) is 0 Å². The van der Waals surface area contributed by atoms with Gasteiger partial charge >= 0.3 is 0 Å². The molecule has 0 saturated heterocycles. The fourth-order valence-corrected chi connectivity index (χ4v) is 3.90. The minimum absolute atomic E-state index is 0.0230. The maximum atomic E-state index is 12.7. The topological polar surface area (TPSA) is 82.3 Å². The van der Waals surface area contributed by atoms with Crippen LogP contribution in [-0.4, -0.2) is 29.0 Å². The van der Waals surface area contributed by atoms with Crippen molar-refractivity contribution in [2.45, 2.75) is 65.5 Å². The van der Waals surface area contributed by atoms with E-state index in [1.807, 2.05) is 19.9 Å². The van der Waals surface area contributed by atoms with E-state index in [1.165, 1.54) is 12.8 Å². The number of benzene rings is 1. The summed E-state index contributed by atoms with van der Waals surface area (Å²) in [6, 6.07) is 8.55. The molecule has 1 fully saturated rings. The van der Waals surface area contributed by atoms with E-state index in [2.05, 4.69) is 35.3 Å². The molecule has 2 amide bonds. The van der Waals surface area contributed by atoms with Crippen LogP contribution < -0.4 is 21.5 Å². The second-order valence-electron chi connectivity index (χ2n) is 8.16. The molecule has 0 aromatic heterocycles. The van der Waals surface area contributed by atoms with E-state index in [1.54, 1.807) is 24.3 Å². The van der Waals surface area contributed by atoms with Gasteiger partial charge in [-0.1, -0.05) is 65.2 Å². The van der Waals surface area contributed by atoms with Crippen LogP contribution in [0.3, 0.4) is 0 Å². The SMILES string of the molecule is CC[C@H](C)[C@H](NC(=O)c1ccccc1)C(=O)NNC(=S)N[C@@H]1CCC[C@H](C)[C@@H]1C. The van der Waals surface area contributed by atoms with E-state index in [0.717, 1.165) is 12.8 Å². The van der Waals surface area contributed by atoms with Gasteiger partial charge in [0.05, 0.1) is 0 Å². The summed E-state index contributed by atoms with van der Waals surface area (Å²) in [4.78, 5) is 25.2. The first kappa shape index (κ1) is 23.1. The van der Waals surface area contributed by atoms with Gasteiger partial charge in [-0.05, 0) is 48.5 Å².